The van der Waals surface area contributed by atoms with E-state index in [0.29, 0.717) is 31.2 Å². The second-order valence-corrected chi connectivity index (χ2v) is 5.69. The van der Waals surface area contributed by atoms with Gasteiger partial charge in [0.25, 0.3) is 5.91 Å². The second-order valence-electron chi connectivity index (χ2n) is 5.69. The van der Waals surface area contributed by atoms with E-state index >= 15 is 0 Å². The minimum Gasteiger partial charge on any atom is -0.490 e. The van der Waals surface area contributed by atoms with Crippen molar-refractivity contribution >= 4 is 5.91 Å². The number of benzene rings is 1. The molecule has 0 aliphatic heterocycles. The molecule has 6 heteroatoms. The molecular weight excluding hydrogens is 296 g/mol. The van der Waals surface area contributed by atoms with Gasteiger partial charge in [0.2, 0.25) is 0 Å². The van der Waals surface area contributed by atoms with E-state index in [1.165, 1.54) is 4.90 Å². The van der Waals surface area contributed by atoms with Crippen LogP contribution in [0.2, 0.25) is 0 Å². The van der Waals surface area contributed by atoms with Crippen LogP contribution in [0.25, 0.3) is 0 Å². The van der Waals surface area contributed by atoms with Crippen molar-refractivity contribution in [2.75, 3.05) is 27.2 Å². The minimum atomic E-state index is -0.580. The zero-order valence-electron chi connectivity index (χ0n) is 14.6. The molecule has 1 aromatic carbocycles. The first-order chi connectivity index (χ1) is 10.8. The summed E-state index contributed by atoms with van der Waals surface area (Å²) in [5.74, 6) is 1.06. The molecule has 0 aliphatic rings. The van der Waals surface area contributed by atoms with Gasteiger partial charge in [-0.05, 0) is 38.5 Å². The highest BCUT2D eigenvalue weighted by Gasteiger charge is 2.18. The number of likely N-dealkylation sites (N-methyl/N-ethyl adjacent to an activating group) is 1. The zero-order valence-corrected chi connectivity index (χ0v) is 14.6. The standard InChI is InChI=1S/C17H28N2O4/c1-6-22-16-9-14(11-18-10-12(2)20)7-8-15(16)23-13(3)17(21)19(4)5/h7-9,12-13,18,20H,6,10-11H2,1-5H3. The zero-order chi connectivity index (χ0) is 17.4. The lowest BCUT2D eigenvalue weighted by Crippen LogP contribution is -2.35. The van der Waals surface area contributed by atoms with Crippen LogP contribution in [0.4, 0.5) is 0 Å². The molecule has 130 valence electrons. The summed E-state index contributed by atoms with van der Waals surface area (Å²) < 4.78 is 11.4. The highest BCUT2D eigenvalue weighted by Crippen LogP contribution is 2.29. The molecule has 23 heavy (non-hydrogen) atoms. The van der Waals surface area contributed by atoms with Crippen LogP contribution in [0.15, 0.2) is 18.2 Å². The Morgan fingerprint density at radius 2 is 2.00 bits per heavy atom. The monoisotopic (exact) mass is 324 g/mol. The van der Waals surface area contributed by atoms with Crippen LogP contribution in [-0.4, -0.2) is 55.4 Å². The van der Waals surface area contributed by atoms with Crippen LogP contribution in [0.5, 0.6) is 11.5 Å². The van der Waals surface area contributed by atoms with E-state index in [-0.39, 0.29) is 12.0 Å². The van der Waals surface area contributed by atoms with Gasteiger partial charge in [0.05, 0.1) is 12.7 Å². The number of nitrogens with zero attached hydrogens (tertiary/aromatic N) is 1. The SMILES string of the molecule is CCOc1cc(CNCC(C)O)ccc1OC(C)C(=O)N(C)C. The molecule has 0 aromatic heterocycles. The number of ether oxygens (including phenoxy) is 2. The lowest BCUT2D eigenvalue weighted by atomic mass is 10.2. The summed E-state index contributed by atoms with van der Waals surface area (Å²) in [7, 11) is 3.39. The molecule has 0 fully saturated rings. The van der Waals surface area contributed by atoms with Crippen molar-refractivity contribution < 1.29 is 19.4 Å². The third-order valence-corrected chi connectivity index (χ3v) is 3.17. The summed E-state index contributed by atoms with van der Waals surface area (Å²) in [6.45, 7) is 7.01. The van der Waals surface area contributed by atoms with Crippen molar-refractivity contribution in [1.82, 2.24) is 10.2 Å². The van der Waals surface area contributed by atoms with Crippen molar-refractivity contribution in [3.8, 4) is 11.5 Å². The Kier molecular flexibility index (Phi) is 7.85. The van der Waals surface area contributed by atoms with Crippen molar-refractivity contribution in [1.29, 1.82) is 0 Å². The predicted molar refractivity (Wildman–Crippen MR) is 89.8 cm³/mol. The molecule has 6 nitrogen and oxygen atoms in total. The number of carbonyl (C=O) groups is 1. The maximum absolute atomic E-state index is 11.9. The largest absolute Gasteiger partial charge is 0.490 e. The molecule has 0 heterocycles. The summed E-state index contributed by atoms with van der Waals surface area (Å²) in [5.41, 5.74) is 1.02. The summed E-state index contributed by atoms with van der Waals surface area (Å²) in [4.78, 5) is 13.4. The molecular formula is C17H28N2O4. The molecule has 0 bridgehead atoms. The third-order valence-electron chi connectivity index (χ3n) is 3.17. The van der Waals surface area contributed by atoms with Gasteiger partial charge in [-0.25, -0.2) is 0 Å². The first kappa shape index (κ1) is 19.3. The highest BCUT2D eigenvalue weighted by atomic mass is 16.5. The van der Waals surface area contributed by atoms with Crippen molar-refractivity contribution in [3.63, 3.8) is 0 Å². The van der Waals surface area contributed by atoms with Gasteiger partial charge in [0.1, 0.15) is 0 Å². The number of carbonyl (C=O) groups excluding carboxylic acids is 1. The maximum atomic E-state index is 11.9. The molecule has 0 aliphatic carbocycles. The highest BCUT2D eigenvalue weighted by molar-refractivity contribution is 5.80. The van der Waals surface area contributed by atoms with E-state index in [4.69, 9.17) is 9.47 Å². The quantitative estimate of drug-likeness (QED) is 0.719. The number of aliphatic hydroxyl groups excluding tert-OH is 1. The molecule has 1 aromatic rings. The number of hydrogen-bond donors (Lipinski definition) is 2. The Hall–Kier alpha value is -1.79. The van der Waals surface area contributed by atoms with E-state index in [2.05, 4.69) is 5.32 Å². The van der Waals surface area contributed by atoms with Crippen LogP contribution < -0.4 is 14.8 Å². The Bertz CT molecular complexity index is 503. The van der Waals surface area contributed by atoms with Crippen LogP contribution in [0.1, 0.15) is 26.3 Å². The first-order valence-electron chi connectivity index (χ1n) is 7.87. The summed E-state index contributed by atoms with van der Waals surface area (Å²) in [6, 6.07) is 5.62. The Balaban J connectivity index is 2.80. The Morgan fingerprint density at radius 1 is 1.30 bits per heavy atom. The number of aliphatic hydroxyl groups is 1. The van der Waals surface area contributed by atoms with Gasteiger partial charge in [-0.15, -0.1) is 0 Å². The first-order valence-corrected chi connectivity index (χ1v) is 7.87. The summed E-state index contributed by atoms with van der Waals surface area (Å²) >= 11 is 0. The smallest absolute Gasteiger partial charge is 0.262 e. The van der Waals surface area contributed by atoms with E-state index in [1.54, 1.807) is 27.9 Å². The van der Waals surface area contributed by atoms with Crippen molar-refractivity contribution in [3.05, 3.63) is 23.8 Å². The number of hydrogen-bond acceptors (Lipinski definition) is 5. The van der Waals surface area contributed by atoms with Gasteiger partial charge in [-0.1, -0.05) is 6.07 Å². The van der Waals surface area contributed by atoms with Crippen LogP contribution >= 0.6 is 0 Å². The van der Waals surface area contributed by atoms with Crippen LogP contribution in [-0.2, 0) is 11.3 Å². The number of rotatable bonds is 9. The predicted octanol–water partition coefficient (Wildman–Crippen LogP) is 1.41. The molecule has 0 spiro atoms. The summed E-state index contributed by atoms with van der Waals surface area (Å²) in [5, 5.41) is 12.4. The normalized spacial score (nSPS) is 13.3. The maximum Gasteiger partial charge on any atom is 0.262 e. The molecule has 2 N–H and O–H groups in total. The Morgan fingerprint density at radius 3 is 2.57 bits per heavy atom. The van der Waals surface area contributed by atoms with Gasteiger partial charge in [-0.3, -0.25) is 4.79 Å². The van der Waals surface area contributed by atoms with Crippen LogP contribution in [0.3, 0.4) is 0 Å². The lowest BCUT2D eigenvalue weighted by molar-refractivity contribution is -0.135. The molecule has 1 rings (SSSR count). The molecule has 0 radical (unpaired) electrons. The average molecular weight is 324 g/mol. The van der Waals surface area contributed by atoms with Gasteiger partial charge in [0, 0.05) is 27.2 Å². The average Bonchev–Trinajstić information content (AvgIpc) is 2.48. The second kappa shape index (κ2) is 9.37. The van der Waals surface area contributed by atoms with Crippen molar-refractivity contribution in [2.24, 2.45) is 0 Å². The van der Waals surface area contributed by atoms with Gasteiger partial charge < -0.3 is 24.8 Å². The number of amides is 1. The fraction of sp³-hybridized carbons (Fsp3) is 0.588. The fourth-order valence-corrected chi connectivity index (χ4v) is 2.06. The lowest BCUT2D eigenvalue weighted by Gasteiger charge is -2.20. The van der Waals surface area contributed by atoms with E-state index in [9.17, 15) is 9.90 Å². The molecule has 0 saturated heterocycles. The van der Waals surface area contributed by atoms with E-state index in [0.717, 1.165) is 5.56 Å². The summed E-state index contributed by atoms with van der Waals surface area (Å²) in [6.07, 6.45) is -0.967. The van der Waals surface area contributed by atoms with Gasteiger partial charge >= 0.3 is 0 Å². The van der Waals surface area contributed by atoms with E-state index < -0.39 is 6.10 Å². The molecule has 1 amide bonds. The van der Waals surface area contributed by atoms with E-state index in [1.807, 2.05) is 25.1 Å². The number of nitrogens with one attached hydrogen (secondary N) is 1. The Labute approximate surface area is 138 Å². The topological polar surface area (TPSA) is 71.0 Å². The molecule has 0 saturated carbocycles. The molecule has 2 atom stereocenters. The van der Waals surface area contributed by atoms with Crippen LogP contribution in [0, 0.1) is 0 Å². The minimum absolute atomic E-state index is 0.102. The molecule has 2 unspecified atom stereocenters. The van der Waals surface area contributed by atoms with Gasteiger partial charge in [0.15, 0.2) is 17.6 Å². The fourth-order valence-electron chi connectivity index (χ4n) is 2.06. The van der Waals surface area contributed by atoms with Crippen molar-refractivity contribution in [2.45, 2.75) is 39.5 Å². The third kappa shape index (κ3) is 6.46. The van der Waals surface area contributed by atoms with Gasteiger partial charge in [-0.2, -0.15) is 0 Å².